The number of carbonyl (C=O) groups excluding carboxylic acids is 3. The third kappa shape index (κ3) is 4.37. The monoisotopic (exact) mass is 405 g/mol. The molecule has 6 heteroatoms. The van der Waals surface area contributed by atoms with E-state index >= 15 is 0 Å². The van der Waals surface area contributed by atoms with Crippen LogP contribution in [0.15, 0.2) is 42.5 Å². The Kier molecular flexibility index (Phi) is 5.84. The Morgan fingerprint density at radius 2 is 1.93 bits per heavy atom. The van der Waals surface area contributed by atoms with Gasteiger partial charge in [0.1, 0.15) is 0 Å². The number of anilines is 3. The molecule has 1 saturated heterocycles. The Hall–Kier alpha value is -3.15. The topological polar surface area (TPSA) is 78.5 Å². The van der Waals surface area contributed by atoms with Crippen molar-refractivity contribution in [3.05, 3.63) is 53.6 Å². The molecule has 0 aliphatic carbocycles. The van der Waals surface area contributed by atoms with Crippen molar-refractivity contribution in [2.75, 3.05) is 22.1 Å². The van der Waals surface area contributed by atoms with E-state index in [-0.39, 0.29) is 30.1 Å². The smallest absolute Gasteiger partial charge is 0.229 e. The number of hydrogen-bond acceptors (Lipinski definition) is 3. The van der Waals surface area contributed by atoms with Gasteiger partial charge in [-0.25, -0.2) is 0 Å². The average Bonchev–Trinajstić information content (AvgIpc) is 3.14. The molecule has 2 aliphatic rings. The van der Waals surface area contributed by atoms with Crippen molar-refractivity contribution < 1.29 is 14.4 Å². The quantitative estimate of drug-likeness (QED) is 0.765. The van der Waals surface area contributed by atoms with Gasteiger partial charge >= 0.3 is 0 Å². The molecule has 2 aromatic rings. The number of unbranched alkanes of at least 4 members (excludes halogenated alkanes) is 1. The fourth-order valence-corrected chi connectivity index (χ4v) is 4.06. The minimum Gasteiger partial charge on any atom is -0.326 e. The summed E-state index contributed by atoms with van der Waals surface area (Å²) in [6.07, 6.45) is 4.68. The molecule has 2 heterocycles. The van der Waals surface area contributed by atoms with Crippen LogP contribution in [-0.2, 0) is 27.2 Å². The molecule has 2 N–H and O–H groups in total. The molecule has 3 amide bonds. The highest BCUT2D eigenvalue weighted by Gasteiger charge is 2.35. The van der Waals surface area contributed by atoms with Gasteiger partial charge in [-0.3, -0.25) is 14.4 Å². The van der Waals surface area contributed by atoms with E-state index < -0.39 is 0 Å². The van der Waals surface area contributed by atoms with Crippen LogP contribution in [0, 0.1) is 5.92 Å². The molecule has 0 spiro atoms. The van der Waals surface area contributed by atoms with E-state index in [0.29, 0.717) is 25.1 Å². The normalized spacial score (nSPS) is 18.2. The highest BCUT2D eigenvalue weighted by atomic mass is 16.2. The lowest BCUT2D eigenvalue weighted by molar-refractivity contribution is -0.122. The Bertz CT molecular complexity index is 968. The summed E-state index contributed by atoms with van der Waals surface area (Å²) >= 11 is 0. The molecule has 0 saturated carbocycles. The zero-order chi connectivity index (χ0) is 21.1. The summed E-state index contributed by atoms with van der Waals surface area (Å²) in [4.78, 5) is 38.5. The Labute approximate surface area is 176 Å². The van der Waals surface area contributed by atoms with Crippen molar-refractivity contribution in [2.24, 2.45) is 5.92 Å². The van der Waals surface area contributed by atoms with Crippen LogP contribution in [0.2, 0.25) is 0 Å². The van der Waals surface area contributed by atoms with Crippen LogP contribution in [0.25, 0.3) is 0 Å². The van der Waals surface area contributed by atoms with Gasteiger partial charge in [0.2, 0.25) is 17.7 Å². The molecule has 1 unspecified atom stereocenters. The van der Waals surface area contributed by atoms with Gasteiger partial charge in [0.25, 0.3) is 0 Å². The Morgan fingerprint density at radius 3 is 2.70 bits per heavy atom. The number of benzene rings is 2. The summed E-state index contributed by atoms with van der Waals surface area (Å²) in [5, 5.41) is 5.78. The van der Waals surface area contributed by atoms with Gasteiger partial charge in [-0.15, -0.1) is 0 Å². The van der Waals surface area contributed by atoms with Gasteiger partial charge in [0.05, 0.1) is 5.92 Å². The number of aryl methyl sites for hydroxylation is 2. The fraction of sp³-hybridized carbons (Fsp3) is 0.375. The maximum absolute atomic E-state index is 12.8. The molecule has 2 aliphatic heterocycles. The Morgan fingerprint density at radius 1 is 1.13 bits per heavy atom. The summed E-state index contributed by atoms with van der Waals surface area (Å²) < 4.78 is 0. The third-order valence-electron chi connectivity index (χ3n) is 5.83. The first-order valence-corrected chi connectivity index (χ1v) is 10.7. The maximum Gasteiger partial charge on any atom is 0.229 e. The molecule has 156 valence electrons. The summed E-state index contributed by atoms with van der Waals surface area (Å²) in [6.45, 7) is 2.56. The summed E-state index contributed by atoms with van der Waals surface area (Å²) in [6, 6.07) is 13.6. The highest BCUT2D eigenvalue weighted by molar-refractivity contribution is 6.03. The molecule has 1 fully saturated rings. The van der Waals surface area contributed by atoms with Crippen LogP contribution in [-0.4, -0.2) is 24.3 Å². The van der Waals surface area contributed by atoms with Gasteiger partial charge in [-0.2, -0.15) is 0 Å². The van der Waals surface area contributed by atoms with Crippen LogP contribution >= 0.6 is 0 Å². The number of carbonyl (C=O) groups is 3. The second-order valence-electron chi connectivity index (χ2n) is 8.08. The van der Waals surface area contributed by atoms with Crippen molar-refractivity contribution in [2.45, 2.75) is 45.4 Å². The van der Waals surface area contributed by atoms with E-state index in [1.54, 1.807) is 11.0 Å². The van der Waals surface area contributed by atoms with Crippen molar-refractivity contribution in [3.8, 4) is 0 Å². The molecule has 6 nitrogen and oxygen atoms in total. The first-order chi connectivity index (χ1) is 14.5. The lowest BCUT2D eigenvalue weighted by Gasteiger charge is -2.19. The van der Waals surface area contributed by atoms with Crippen molar-refractivity contribution >= 4 is 34.8 Å². The molecule has 0 radical (unpaired) electrons. The predicted octanol–water partition coefficient (Wildman–Crippen LogP) is 3.91. The first kappa shape index (κ1) is 20.1. The number of fused-ring (bicyclic) bond motifs is 1. The standard InChI is InChI=1S/C24H27N3O3/c1-2-3-4-16-5-9-20(10-6-16)27-15-18(14-23(27)29)24(30)25-19-8-11-21-17(13-19)7-12-22(28)26-21/h5-6,8-11,13,18H,2-4,7,12,14-15H2,1H3,(H,25,30)(H,26,28). The van der Waals surface area contributed by atoms with Crippen molar-refractivity contribution in [1.82, 2.24) is 0 Å². The molecular formula is C24H27N3O3. The second kappa shape index (κ2) is 8.69. The lowest BCUT2D eigenvalue weighted by Crippen LogP contribution is -2.28. The van der Waals surface area contributed by atoms with Crippen LogP contribution in [0.3, 0.4) is 0 Å². The number of hydrogen-bond donors (Lipinski definition) is 2. The largest absolute Gasteiger partial charge is 0.326 e. The van der Waals surface area contributed by atoms with E-state index in [1.165, 1.54) is 5.56 Å². The summed E-state index contributed by atoms with van der Waals surface area (Å²) in [7, 11) is 0. The zero-order valence-electron chi connectivity index (χ0n) is 17.2. The lowest BCUT2D eigenvalue weighted by atomic mass is 10.0. The molecule has 4 rings (SSSR count). The minimum absolute atomic E-state index is 0.0160. The van der Waals surface area contributed by atoms with E-state index in [9.17, 15) is 14.4 Å². The van der Waals surface area contributed by atoms with Crippen LogP contribution in [0.1, 0.15) is 43.7 Å². The first-order valence-electron chi connectivity index (χ1n) is 10.7. The predicted molar refractivity (Wildman–Crippen MR) is 118 cm³/mol. The van der Waals surface area contributed by atoms with E-state index in [4.69, 9.17) is 0 Å². The van der Waals surface area contributed by atoms with E-state index in [0.717, 1.165) is 36.2 Å². The molecule has 30 heavy (non-hydrogen) atoms. The van der Waals surface area contributed by atoms with Crippen molar-refractivity contribution in [3.63, 3.8) is 0 Å². The van der Waals surface area contributed by atoms with E-state index in [2.05, 4.69) is 29.7 Å². The summed E-state index contributed by atoms with van der Waals surface area (Å²) in [5.74, 6) is -0.537. The second-order valence-corrected chi connectivity index (χ2v) is 8.08. The van der Waals surface area contributed by atoms with Gasteiger partial charge in [0.15, 0.2) is 0 Å². The van der Waals surface area contributed by atoms with Crippen molar-refractivity contribution in [1.29, 1.82) is 0 Å². The number of nitrogens with one attached hydrogen (secondary N) is 2. The third-order valence-corrected chi connectivity index (χ3v) is 5.83. The van der Waals surface area contributed by atoms with Crippen LogP contribution < -0.4 is 15.5 Å². The Balaban J connectivity index is 1.39. The zero-order valence-corrected chi connectivity index (χ0v) is 17.2. The average molecular weight is 405 g/mol. The van der Waals surface area contributed by atoms with Gasteiger partial charge < -0.3 is 15.5 Å². The fourth-order valence-electron chi connectivity index (χ4n) is 4.06. The van der Waals surface area contributed by atoms with Gasteiger partial charge in [0, 0.05) is 36.4 Å². The molecule has 0 aromatic heterocycles. The number of amides is 3. The SMILES string of the molecule is CCCCc1ccc(N2CC(C(=O)Nc3ccc4c(c3)CCC(=O)N4)CC2=O)cc1. The molecular weight excluding hydrogens is 378 g/mol. The maximum atomic E-state index is 12.8. The van der Waals surface area contributed by atoms with E-state index in [1.807, 2.05) is 24.3 Å². The highest BCUT2D eigenvalue weighted by Crippen LogP contribution is 2.29. The van der Waals surface area contributed by atoms with Gasteiger partial charge in [-0.05, 0) is 60.7 Å². The molecule has 0 bridgehead atoms. The summed E-state index contributed by atoms with van der Waals surface area (Å²) in [5.41, 5.74) is 4.62. The van der Waals surface area contributed by atoms with Gasteiger partial charge in [-0.1, -0.05) is 25.5 Å². The minimum atomic E-state index is -0.381. The molecule has 2 aromatic carbocycles. The number of nitrogens with zero attached hydrogens (tertiary/aromatic N) is 1. The molecule has 1 atom stereocenters. The van der Waals surface area contributed by atoms with Crippen LogP contribution in [0.4, 0.5) is 17.1 Å². The number of rotatable bonds is 6. The van der Waals surface area contributed by atoms with Crippen LogP contribution in [0.5, 0.6) is 0 Å².